The van der Waals surface area contributed by atoms with Crippen LogP contribution < -0.4 is 0 Å². The molecule has 0 saturated carbocycles. The van der Waals surface area contributed by atoms with E-state index in [0.29, 0.717) is 0 Å². The second-order valence-corrected chi connectivity index (χ2v) is 18.1. The molecule has 13 rings (SSSR count). The van der Waals surface area contributed by atoms with Crippen LogP contribution in [-0.4, -0.2) is 0 Å². The largest absolute Gasteiger partial charge is 0.0616 e. The maximum absolute atomic E-state index is 2.44. The van der Waals surface area contributed by atoms with Crippen molar-refractivity contribution in [2.75, 3.05) is 0 Å². The Balaban J connectivity index is 0.824. The summed E-state index contributed by atoms with van der Waals surface area (Å²) in [4.78, 5) is 0. The van der Waals surface area contributed by atoms with Crippen LogP contribution in [0.25, 0.3) is 120 Å². The van der Waals surface area contributed by atoms with Gasteiger partial charge in [-0.05, 0) is 180 Å². The van der Waals surface area contributed by atoms with E-state index in [-0.39, 0.29) is 5.41 Å². The van der Waals surface area contributed by atoms with E-state index < -0.39 is 0 Å². The average Bonchev–Trinajstić information content (AvgIpc) is 3.57. The van der Waals surface area contributed by atoms with Crippen molar-refractivity contribution >= 4 is 64.6 Å². The van der Waals surface area contributed by atoms with E-state index in [1.54, 1.807) is 0 Å². The van der Waals surface area contributed by atoms with Gasteiger partial charge in [-0.1, -0.05) is 184 Å². The molecule has 0 saturated heterocycles. The van der Waals surface area contributed by atoms with Crippen LogP contribution in [0.4, 0.5) is 0 Å². The van der Waals surface area contributed by atoms with E-state index in [9.17, 15) is 0 Å². The highest BCUT2D eigenvalue weighted by atomic mass is 14.4. The molecule has 1 aliphatic carbocycles. The van der Waals surface area contributed by atoms with Crippen LogP contribution in [0.15, 0.2) is 218 Å². The summed E-state index contributed by atoms with van der Waals surface area (Å²) in [5.74, 6) is 0. The molecule has 0 fully saturated rings. The maximum atomic E-state index is 2.44. The summed E-state index contributed by atoms with van der Waals surface area (Å²) < 4.78 is 0. The van der Waals surface area contributed by atoms with Crippen molar-refractivity contribution < 1.29 is 0 Å². The van der Waals surface area contributed by atoms with Crippen molar-refractivity contribution in [3.63, 3.8) is 0 Å². The lowest BCUT2D eigenvalue weighted by Crippen LogP contribution is -2.15. The molecular formula is C63H42. The molecule has 0 N–H and O–H groups in total. The van der Waals surface area contributed by atoms with Gasteiger partial charge in [-0.25, -0.2) is 0 Å². The molecule has 0 aromatic heterocycles. The first-order valence-corrected chi connectivity index (χ1v) is 22.1. The Kier molecular flexibility index (Phi) is 7.75. The van der Waals surface area contributed by atoms with Gasteiger partial charge in [-0.3, -0.25) is 0 Å². The van der Waals surface area contributed by atoms with Crippen LogP contribution >= 0.6 is 0 Å². The molecule has 0 heteroatoms. The van der Waals surface area contributed by atoms with Gasteiger partial charge >= 0.3 is 0 Å². The Labute approximate surface area is 367 Å². The van der Waals surface area contributed by atoms with E-state index in [1.165, 1.54) is 131 Å². The quantitative estimate of drug-likeness (QED) is 0.156. The van der Waals surface area contributed by atoms with Crippen molar-refractivity contribution in [3.8, 4) is 55.6 Å². The fourth-order valence-corrected chi connectivity index (χ4v) is 10.8. The van der Waals surface area contributed by atoms with Gasteiger partial charge in [0.05, 0.1) is 0 Å². The highest BCUT2D eigenvalue weighted by Gasteiger charge is 2.36. The summed E-state index contributed by atoms with van der Waals surface area (Å²) in [7, 11) is 0. The number of benzene rings is 12. The van der Waals surface area contributed by atoms with Gasteiger partial charge < -0.3 is 0 Å². The lowest BCUT2D eigenvalue weighted by atomic mass is 9.80. The number of hydrogen-bond donors (Lipinski definition) is 0. The summed E-state index contributed by atoms with van der Waals surface area (Å²) in [6.07, 6.45) is 0. The summed E-state index contributed by atoms with van der Waals surface area (Å²) in [6.45, 7) is 4.77. The van der Waals surface area contributed by atoms with Gasteiger partial charge in [0.1, 0.15) is 0 Å². The van der Waals surface area contributed by atoms with Crippen molar-refractivity contribution in [1.29, 1.82) is 0 Å². The van der Waals surface area contributed by atoms with Gasteiger partial charge in [0, 0.05) is 5.41 Å². The summed E-state index contributed by atoms with van der Waals surface area (Å²) in [5.41, 5.74) is 15.4. The second-order valence-electron chi connectivity index (χ2n) is 18.1. The van der Waals surface area contributed by atoms with E-state index >= 15 is 0 Å². The van der Waals surface area contributed by atoms with Gasteiger partial charge in [0.15, 0.2) is 0 Å². The highest BCUT2D eigenvalue weighted by molar-refractivity contribution is 6.21. The van der Waals surface area contributed by atoms with Crippen molar-refractivity contribution in [2.24, 2.45) is 0 Å². The molecule has 0 heterocycles. The molecule has 1 aliphatic rings. The van der Waals surface area contributed by atoms with E-state index in [4.69, 9.17) is 0 Å². The Morgan fingerprint density at radius 2 is 0.603 bits per heavy atom. The minimum Gasteiger partial charge on any atom is -0.0616 e. The Morgan fingerprint density at radius 1 is 0.222 bits per heavy atom. The van der Waals surface area contributed by atoms with Gasteiger partial charge in [-0.15, -0.1) is 0 Å². The first-order chi connectivity index (χ1) is 30.9. The summed E-state index contributed by atoms with van der Waals surface area (Å²) >= 11 is 0. The van der Waals surface area contributed by atoms with E-state index in [0.717, 1.165) is 0 Å². The highest BCUT2D eigenvalue weighted by Crippen LogP contribution is 2.51. The zero-order valence-electron chi connectivity index (χ0n) is 35.3. The van der Waals surface area contributed by atoms with Crippen LogP contribution in [0.2, 0.25) is 0 Å². The minimum atomic E-state index is -0.113. The summed E-state index contributed by atoms with van der Waals surface area (Å²) in [6, 6.07) is 81.9. The molecule has 294 valence electrons. The molecule has 0 radical (unpaired) electrons. The molecular weight excluding hydrogens is 757 g/mol. The SMILES string of the molecule is CC1(C)c2cc(-c3ccc4ccccc4c3)ccc2-c2ccc(-c3ccc4cc(-c5ccc6ccc(-c7cc8c9ccccc9ccc8c8ccccc78)cc6c5)ccc4c3)cc21. The van der Waals surface area contributed by atoms with Gasteiger partial charge in [0.25, 0.3) is 0 Å². The molecule has 0 unspecified atom stereocenters. The van der Waals surface area contributed by atoms with Gasteiger partial charge in [0.2, 0.25) is 0 Å². The zero-order valence-corrected chi connectivity index (χ0v) is 35.3. The predicted octanol–water partition coefficient (Wildman–Crippen LogP) is 17.6. The Hall–Kier alpha value is -7.80. The standard InChI is InChI=1S/C63H42/c1-63(2)61-36-49(46-18-15-39-9-3-4-11-42(39)31-46)26-29-57(61)58-30-27-50(37-62(58)63)47-23-22-43-32-45(21-20-44(43)33-47)48-19-16-40-17-24-51(35-52(40)34-48)59-38-60-53-12-6-5-10-41(53)25-28-56(60)54-13-7-8-14-55(54)59/h3-38H,1-2H3. The number of hydrogen-bond acceptors (Lipinski definition) is 0. The minimum absolute atomic E-state index is 0.113. The smallest absolute Gasteiger partial charge is 0.0159 e. The third kappa shape index (κ3) is 5.68. The molecule has 0 bridgehead atoms. The first-order valence-electron chi connectivity index (χ1n) is 22.1. The van der Waals surface area contributed by atoms with Crippen molar-refractivity contribution in [2.45, 2.75) is 19.3 Å². The van der Waals surface area contributed by atoms with Crippen LogP contribution in [0.5, 0.6) is 0 Å². The molecule has 12 aromatic carbocycles. The maximum Gasteiger partial charge on any atom is 0.0159 e. The molecule has 0 amide bonds. The zero-order chi connectivity index (χ0) is 41.8. The van der Waals surface area contributed by atoms with Crippen LogP contribution in [0.1, 0.15) is 25.0 Å². The van der Waals surface area contributed by atoms with Crippen LogP contribution in [0, 0.1) is 0 Å². The predicted molar refractivity (Wildman–Crippen MR) is 271 cm³/mol. The molecule has 63 heavy (non-hydrogen) atoms. The normalized spacial score (nSPS) is 13.0. The van der Waals surface area contributed by atoms with E-state index in [1.807, 2.05) is 0 Å². The van der Waals surface area contributed by atoms with Crippen molar-refractivity contribution in [1.82, 2.24) is 0 Å². The third-order valence-electron chi connectivity index (χ3n) is 14.2. The second kappa shape index (κ2) is 13.6. The van der Waals surface area contributed by atoms with Crippen LogP contribution in [-0.2, 0) is 5.41 Å². The van der Waals surface area contributed by atoms with Crippen molar-refractivity contribution in [3.05, 3.63) is 230 Å². The Bertz CT molecular complexity index is 3880. The third-order valence-corrected chi connectivity index (χ3v) is 14.2. The Morgan fingerprint density at radius 3 is 1.22 bits per heavy atom. The lowest BCUT2D eigenvalue weighted by molar-refractivity contribution is 0.661. The fraction of sp³-hybridized carbons (Fsp3) is 0.0476. The van der Waals surface area contributed by atoms with Gasteiger partial charge in [-0.2, -0.15) is 0 Å². The molecule has 0 atom stereocenters. The topological polar surface area (TPSA) is 0 Å². The fourth-order valence-electron chi connectivity index (χ4n) is 10.8. The number of rotatable bonds is 4. The van der Waals surface area contributed by atoms with Crippen LogP contribution in [0.3, 0.4) is 0 Å². The molecule has 0 nitrogen and oxygen atoms in total. The molecule has 0 aliphatic heterocycles. The monoisotopic (exact) mass is 798 g/mol. The van der Waals surface area contributed by atoms with E-state index in [2.05, 4.69) is 232 Å². The number of fused-ring (bicyclic) bond motifs is 11. The molecule has 12 aromatic rings. The average molecular weight is 799 g/mol. The summed E-state index contributed by atoms with van der Waals surface area (Å²) in [5, 5.41) is 15.3. The lowest BCUT2D eigenvalue weighted by Gasteiger charge is -2.22. The molecule has 0 spiro atoms. The first kappa shape index (κ1) is 35.9.